The normalized spacial score (nSPS) is 12.0. The Kier molecular flexibility index (Phi) is 51.2. The van der Waals surface area contributed by atoms with Gasteiger partial charge in [-0.05, 0) is 38.5 Å². The number of ether oxygens (including phenoxy) is 3. The first kappa shape index (κ1) is 61.1. The van der Waals surface area contributed by atoms with Crippen LogP contribution < -0.4 is 0 Å². The Balaban J connectivity index is 4.22. The lowest BCUT2D eigenvalue weighted by Gasteiger charge is -2.18. The van der Waals surface area contributed by atoms with Gasteiger partial charge in [-0.1, -0.05) is 270 Å². The van der Waals surface area contributed by atoms with Crippen LogP contribution in [0.15, 0.2) is 12.2 Å². The fourth-order valence-corrected chi connectivity index (χ4v) is 8.51. The minimum Gasteiger partial charge on any atom is -0.462 e. The molecule has 0 spiro atoms. The summed E-state index contributed by atoms with van der Waals surface area (Å²) in [6.07, 6.45) is 59.2. The molecule has 0 heterocycles. The predicted octanol–water partition coefficient (Wildman–Crippen LogP) is 18.5. The summed E-state index contributed by atoms with van der Waals surface area (Å²) in [5, 5.41) is 0. The van der Waals surface area contributed by atoms with E-state index in [-0.39, 0.29) is 31.1 Å². The van der Waals surface area contributed by atoms with E-state index in [9.17, 15) is 14.4 Å². The molecule has 1 unspecified atom stereocenters. The summed E-state index contributed by atoms with van der Waals surface area (Å²) in [6.45, 7) is 6.62. The van der Waals surface area contributed by atoms with Gasteiger partial charge in [-0.15, -0.1) is 0 Å². The second-order valence-corrected chi connectivity index (χ2v) is 19.2. The van der Waals surface area contributed by atoms with Gasteiger partial charge in [0.15, 0.2) is 6.10 Å². The number of rotatable bonds is 52. The monoisotopic (exact) mass is 889 g/mol. The Morgan fingerprint density at radius 3 is 0.857 bits per heavy atom. The van der Waals surface area contributed by atoms with Crippen LogP contribution in [0.1, 0.15) is 316 Å². The average Bonchev–Trinajstić information content (AvgIpc) is 3.28. The van der Waals surface area contributed by atoms with Crippen LogP contribution in [-0.4, -0.2) is 37.2 Å². The SMILES string of the molecule is CCC/C=C\CCCCCCCC(=O)OCC(COC(=O)CCCCCCCCCCCCCCCCCCCCCC)OC(=O)CCCCCCCCCCCCCCCCC. The fourth-order valence-electron chi connectivity index (χ4n) is 8.51. The topological polar surface area (TPSA) is 78.9 Å². The molecule has 0 aromatic rings. The van der Waals surface area contributed by atoms with Crippen LogP contribution in [0.5, 0.6) is 0 Å². The molecule has 0 amide bonds. The molecule has 63 heavy (non-hydrogen) atoms. The van der Waals surface area contributed by atoms with Gasteiger partial charge in [0.05, 0.1) is 0 Å². The molecule has 0 fully saturated rings. The first-order valence-corrected chi connectivity index (χ1v) is 28.2. The van der Waals surface area contributed by atoms with Crippen molar-refractivity contribution in [3.8, 4) is 0 Å². The molecule has 0 N–H and O–H groups in total. The van der Waals surface area contributed by atoms with Crippen molar-refractivity contribution in [1.82, 2.24) is 0 Å². The lowest BCUT2D eigenvalue weighted by molar-refractivity contribution is -0.167. The summed E-state index contributed by atoms with van der Waals surface area (Å²) >= 11 is 0. The van der Waals surface area contributed by atoms with Crippen LogP contribution >= 0.6 is 0 Å². The van der Waals surface area contributed by atoms with E-state index >= 15 is 0 Å². The molecule has 0 aliphatic heterocycles. The number of hydrogen-bond donors (Lipinski definition) is 0. The van der Waals surface area contributed by atoms with E-state index < -0.39 is 6.10 Å². The zero-order valence-corrected chi connectivity index (χ0v) is 42.6. The summed E-state index contributed by atoms with van der Waals surface area (Å²) in [4.78, 5) is 38.0. The summed E-state index contributed by atoms with van der Waals surface area (Å²) in [6, 6.07) is 0. The van der Waals surface area contributed by atoms with Crippen molar-refractivity contribution in [3.63, 3.8) is 0 Å². The molecule has 0 saturated carbocycles. The smallest absolute Gasteiger partial charge is 0.306 e. The van der Waals surface area contributed by atoms with Gasteiger partial charge in [-0.2, -0.15) is 0 Å². The average molecular weight is 889 g/mol. The maximum Gasteiger partial charge on any atom is 0.306 e. The second-order valence-electron chi connectivity index (χ2n) is 19.2. The fraction of sp³-hybridized carbons (Fsp3) is 0.912. The van der Waals surface area contributed by atoms with Crippen LogP contribution in [0.25, 0.3) is 0 Å². The van der Waals surface area contributed by atoms with Gasteiger partial charge in [-0.25, -0.2) is 0 Å². The number of hydrogen-bond acceptors (Lipinski definition) is 6. The molecule has 0 bridgehead atoms. The first-order valence-electron chi connectivity index (χ1n) is 28.2. The molecule has 0 aromatic heterocycles. The molecule has 6 nitrogen and oxygen atoms in total. The molecular weight excluding hydrogens is 781 g/mol. The third-order valence-corrected chi connectivity index (χ3v) is 12.8. The summed E-state index contributed by atoms with van der Waals surface area (Å²) in [7, 11) is 0. The van der Waals surface area contributed by atoms with E-state index in [2.05, 4.69) is 32.9 Å². The maximum absolute atomic E-state index is 12.8. The molecule has 372 valence electrons. The van der Waals surface area contributed by atoms with Crippen molar-refractivity contribution in [1.29, 1.82) is 0 Å². The van der Waals surface area contributed by atoms with Crippen molar-refractivity contribution in [3.05, 3.63) is 12.2 Å². The lowest BCUT2D eigenvalue weighted by Crippen LogP contribution is -2.30. The zero-order chi connectivity index (χ0) is 45.8. The van der Waals surface area contributed by atoms with Crippen LogP contribution in [0.4, 0.5) is 0 Å². The van der Waals surface area contributed by atoms with Gasteiger partial charge in [-0.3, -0.25) is 14.4 Å². The molecule has 0 aromatic carbocycles. The highest BCUT2D eigenvalue weighted by Gasteiger charge is 2.19. The highest BCUT2D eigenvalue weighted by Crippen LogP contribution is 2.17. The van der Waals surface area contributed by atoms with Crippen molar-refractivity contribution in [2.45, 2.75) is 322 Å². The van der Waals surface area contributed by atoms with Gasteiger partial charge in [0.1, 0.15) is 13.2 Å². The number of carbonyl (C=O) groups is 3. The van der Waals surface area contributed by atoms with E-state index in [1.165, 1.54) is 205 Å². The molecule has 0 aliphatic carbocycles. The van der Waals surface area contributed by atoms with Gasteiger partial charge < -0.3 is 14.2 Å². The third-order valence-electron chi connectivity index (χ3n) is 12.8. The van der Waals surface area contributed by atoms with E-state index in [0.29, 0.717) is 19.3 Å². The van der Waals surface area contributed by atoms with E-state index in [4.69, 9.17) is 14.2 Å². The van der Waals surface area contributed by atoms with Crippen LogP contribution in [0.2, 0.25) is 0 Å². The Hall–Kier alpha value is -1.85. The van der Waals surface area contributed by atoms with Crippen molar-refractivity contribution in [2.75, 3.05) is 13.2 Å². The minimum atomic E-state index is -0.766. The van der Waals surface area contributed by atoms with Crippen molar-refractivity contribution < 1.29 is 28.6 Å². The lowest BCUT2D eigenvalue weighted by atomic mass is 10.0. The van der Waals surface area contributed by atoms with Gasteiger partial charge in [0, 0.05) is 19.3 Å². The van der Waals surface area contributed by atoms with Crippen molar-refractivity contribution >= 4 is 17.9 Å². The standard InChI is InChI=1S/C57H108O6/c1-4-7-10-13-16-19-22-24-26-27-28-29-30-32-33-35-38-41-44-47-50-56(59)62-53-54(52-61-55(58)49-46-43-40-37-21-18-15-12-9-6-3)63-57(60)51-48-45-42-39-36-34-31-25-23-20-17-14-11-8-5-2/h12,15,54H,4-11,13-14,16-53H2,1-3H3/b15-12-. The maximum atomic E-state index is 12.8. The molecule has 0 saturated heterocycles. The van der Waals surface area contributed by atoms with Crippen LogP contribution in [-0.2, 0) is 28.6 Å². The van der Waals surface area contributed by atoms with Crippen molar-refractivity contribution in [2.24, 2.45) is 0 Å². The molecular formula is C57H108O6. The summed E-state index contributed by atoms with van der Waals surface area (Å²) in [5.41, 5.74) is 0. The van der Waals surface area contributed by atoms with E-state index in [1.807, 2.05) is 0 Å². The number of carbonyl (C=O) groups excluding carboxylic acids is 3. The number of allylic oxidation sites excluding steroid dienone is 2. The Morgan fingerprint density at radius 1 is 0.302 bits per heavy atom. The molecule has 0 rings (SSSR count). The zero-order valence-electron chi connectivity index (χ0n) is 42.6. The van der Waals surface area contributed by atoms with Crippen LogP contribution in [0, 0.1) is 0 Å². The Morgan fingerprint density at radius 2 is 0.556 bits per heavy atom. The van der Waals surface area contributed by atoms with E-state index in [0.717, 1.165) is 70.6 Å². The minimum absolute atomic E-state index is 0.0669. The number of esters is 3. The summed E-state index contributed by atoms with van der Waals surface area (Å²) in [5.74, 6) is -0.856. The molecule has 0 radical (unpaired) electrons. The highest BCUT2D eigenvalue weighted by molar-refractivity contribution is 5.71. The van der Waals surface area contributed by atoms with E-state index in [1.54, 1.807) is 0 Å². The molecule has 1 atom stereocenters. The van der Waals surface area contributed by atoms with Gasteiger partial charge >= 0.3 is 17.9 Å². The quantitative estimate of drug-likeness (QED) is 0.0262. The van der Waals surface area contributed by atoms with Gasteiger partial charge in [0.2, 0.25) is 0 Å². The second kappa shape index (κ2) is 52.8. The molecule has 6 heteroatoms. The Bertz CT molecular complexity index is 978. The van der Waals surface area contributed by atoms with Crippen LogP contribution in [0.3, 0.4) is 0 Å². The largest absolute Gasteiger partial charge is 0.462 e. The van der Waals surface area contributed by atoms with Gasteiger partial charge in [0.25, 0.3) is 0 Å². The third kappa shape index (κ3) is 51.0. The first-order chi connectivity index (χ1) is 31.0. The predicted molar refractivity (Wildman–Crippen MR) is 270 cm³/mol. The number of unbranched alkanes of at least 4 members (excludes halogenated alkanes) is 39. The highest BCUT2D eigenvalue weighted by atomic mass is 16.6. The summed E-state index contributed by atoms with van der Waals surface area (Å²) < 4.78 is 16.8. The molecule has 0 aliphatic rings. The Labute approximate surface area is 392 Å².